The third kappa shape index (κ3) is 3.29. The van der Waals surface area contributed by atoms with Crippen molar-refractivity contribution >= 4 is 26.8 Å². The average Bonchev–Trinajstić information content (AvgIpc) is 2.60. The first kappa shape index (κ1) is 16.2. The SMILES string of the molecule is O=C([O-])[C@@H](NS(=O)(=O)c1ccc2ccccc2c1)c1ccccc1. The van der Waals surface area contributed by atoms with E-state index in [0.717, 1.165) is 10.8 Å². The van der Waals surface area contributed by atoms with Crippen molar-refractivity contribution in [2.24, 2.45) is 0 Å². The molecule has 0 bridgehead atoms. The van der Waals surface area contributed by atoms with Crippen molar-refractivity contribution in [2.75, 3.05) is 0 Å². The largest absolute Gasteiger partial charge is 0.548 e. The fraction of sp³-hybridized carbons (Fsp3) is 0.0556. The molecular formula is C18H14NO4S-. The van der Waals surface area contributed by atoms with Gasteiger partial charge >= 0.3 is 0 Å². The van der Waals surface area contributed by atoms with Crippen molar-refractivity contribution < 1.29 is 18.3 Å². The van der Waals surface area contributed by atoms with Crippen LogP contribution in [0.2, 0.25) is 0 Å². The quantitative estimate of drug-likeness (QED) is 0.764. The van der Waals surface area contributed by atoms with Gasteiger partial charge in [0.25, 0.3) is 0 Å². The maximum absolute atomic E-state index is 12.6. The number of nitrogens with one attached hydrogen (secondary N) is 1. The molecule has 0 saturated carbocycles. The number of rotatable bonds is 5. The van der Waals surface area contributed by atoms with Gasteiger partial charge in [-0.25, -0.2) is 8.42 Å². The van der Waals surface area contributed by atoms with Crippen LogP contribution in [0.4, 0.5) is 0 Å². The Kier molecular flexibility index (Phi) is 4.33. The van der Waals surface area contributed by atoms with E-state index in [9.17, 15) is 18.3 Å². The van der Waals surface area contributed by atoms with Gasteiger partial charge in [-0.15, -0.1) is 0 Å². The molecule has 0 heterocycles. The number of sulfonamides is 1. The van der Waals surface area contributed by atoms with Crippen molar-refractivity contribution in [2.45, 2.75) is 10.9 Å². The normalized spacial score (nSPS) is 12.8. The van der Waals surface area contributed by atoms with Gasteiger partial charge in [0.2, 0.25) is 10.0 Å². The summed E-state index contributed by atoms with van der Waals surface area (Å²) in [6.07, 6.45) is 0. The molecule has 0 spiro atoms. The number of benzene rings is 3. The number of hydrogen-bond acceptors (Lipinski definition) is 4. The van der Waals surface area contributed by atoms with Gasteiger partial charge in [-0.05, 0) is 28.5 Å². The lowest BCUT2D eigenvalue weighted by Gasteiger charge is -2.20. The van der Waals surface area contributed by atoms with Crippen molar-refractivity contribution in [1.82, 2.24) is 4.72 Å². The molecule has 0 radical (unpaired) electrons. The van der Waals surface area contributed by atoms with Crippen LogP contribution in [0.15, 0.2) is 77.7 Å². The van der Waals surface area contributed by atoms with Crippen molar-refractivity contribution in [3.05, 3.63) is 78.4 Å². The Morgan fingerprint density at radius 1 is 0.875 bits per heavy atom. The number of hydrogen-bond donors (Lipinski definition) is 1. The Hall–Kier alpha value is -2.70. The fourth-order valence-electron chi connectivity index (χ4n) is 2.46. The second-order valence-corrected chi connectivity index (χ2v) is 7.01. The highest BCUT2D eigenvalue weighted by Gasteiger charge is 2.22. The average molecular weight is 340 g/mol. The van der Waals surface area contributed by atoms with E-state index in [1.165, 1.54) is 24.3 Å². The van der Waals surface area contributed by atoms with Gasteiger partial charge in [-0.3, -0.25) is 0 Å². The number of fused-ring (bicyclic) bond motifs is 1. The van der Waals surface area contributed by atoms with Gasteiger partial charge in [-0.2, -0.15) is 4.72 Å². The zero-order valence-corrected chi connectivity index (χ0v) is 13.4. The molecule has 0 aliphatic rings. The first-order valence-electron chi connectivity index (χ1n) is 7.24. The van der Waals surface area contributed by atoms with E-state index >= 15 is 0 Å². The summed E-state index contributed by atoms with van der Waals surface area (Å²) in [6, 6.07) is 18.6. The van der Waals surface area contributed by atoms with Crippen LogP contribution in [0.3, 0.4) is 0 Å². The van der Waals surface area contributed by atoms with E-state index in [2.05, 4.69) is 4.72 Å². The van der Waals surface area contributed by atoms with Gasteiger partial charge in [0, 0.05) is 0 Å². The Bertz CT molecular complexity index is 984. The Morgan fingerprint density at radius 2 is 1.50 bits per heavy atom. The molecule has 0 saturated heterocycles. The van der Waals surface area contributed by atoms with Gasteiger partial charge in [0.15, 0.2) is 0 Å². The predicted octanol–water partition coefficient (Wildman–Crippen LogP) is 1.61. The second kappa shape index (κ2) is 6.43. The molecule has 24 heavy (non-hydrogen) atoms. The molecule has 3 aromatic carbocycles. The third-order valence-electron chi connectivity index (χ3n) is 3.67. The van der Waals surface area contributed by atoms with Gasteiger partial charge in [-0.1, -0.05) is 60.7 Å². The first-order valence-corrected chi connectivity index (χ1v) is 8.73. The van der Waals surface area contributed by atoms with Crippen LogP contribution in [-0.4, -0.2) is 14.4 Å². The first-order chi connectivity index (χ1) is 11.5. The third-order valence-corrected chi connectivity index (χ3v) is 5.09. The molecule has 0 unspecified atom stereocenters. The van der Waals surface area contributed by atoms with Crippen LogP contribution in [0.25, 0.3) is 10.8 Å². The highest BCUT2D eigenvalue weighted by Crippen LogP contribution is 2.21. The maximum atomic E-state index is 12.6. The summed E-state index contributed by atoms with van der Waals surface area (Å²) >= 11 is 0. The number of carbonyl (C=O) groups is 1. The van der Waals surface area contributed by atoms with Crippen molar-refractivity contribution in [3.8, 4) is 0 Å². The molecule has 3 rings (SSSR count). The fourth-order valence-corrected chi connectivity index (χ4v) is 3.66. The Labute approximate surface area is 139 Å². The highest BCUT2D eigenvalue weighted by molar-refractivity contribution is 7.89. The molecule has 1 N–H and O–H groups in total. The number of aliphatic carboxylic acids is 1. The molecule has 3 aromatic rings. The second-order valence-electron chi connectivity index (χ2n) is 5.29. The van der Waals surface area contributed by atoms with Gasteiger partial charge < -0.3 is 9.90 Å². The Morgan fingerprint density at radius 3 is 2.17 bits per heavy atom. The molecule has 0 aliphatic carbocycles. The van der Waals surface area contributed by atoms with Gasteiger partial charge in [0.05, 0.1) is 16.9 Å². The number of carboxylic acids is 1. The summed E-state index contributed by atoms with van der Waals surface area (Å²) in [6.45, 7) is 0. The standard InChI is InChI=1S/C18H15NO4S/c20-18(21)17(14-7-2-1-3-8-14)19-24(22,23)16-11-10-13-6-4-5-9-15(13)12-16/h1-12,17,19H,(H,20,21)/p-1/t17-/m0/s1. The zero-order valence-electron chi connectivity index (χ0n) is 12.5. The monoisotopic (exact) mass is 340 g/mol. The van der Waals surface area contributed by atoms with Crippen LogP contribution in [0.1, 0.15) is 11.6 Å². The lowest BCUT2D eigenvalue weighted by molar-refractivity contribution is -0.308. The minimum Gasteiger partial charge on any atom is -0.548 e. The highest BCUT2D eigenvalue weighted by atomic mass is 32.2. The Balaban J connectivity index is 1.97. The van der Waals surface area contributed by atoms with E-state index in [0.29, 0.717) is 5.56 Å². The van der Waals surface area contributed by atoms with Crippen LogP contribution in [0, 0.1) is 0 Å². The summed E-state index contributed by atoms with van der Waals surface area (Å²) in [7, 11) is -4.01. The van der Waals surface area contributed by atoms with Crippen molar-refractivity contribution in [1.29, 1.82) is 0 Å². The topological polar surface area (TPSA) is 86.3 Å². The van der Waals surface area contributed by atoms with Crippen LogP contribution >= 0.6 is 0 Å². The summed E-state index contributed by atoms with van der Waals surface area (Å²) < 4.78 is 27.3. The molecule has 0 aromatic heterocycles. The summed E-state index contributed by atoms with van der Waals surface area (Å²) in [5.74, 6) is -1.51. The molecule has 122 valence electrons. The molecule has 0 amide bonds. The minimum atomic E-state index is -4.01. The smallest absolute Gasteiger partial charge is 0.241 e. The van der Waals surface area contributed by atoms with Crippen LogP contribution in [-0.2, 0) is 14.8 Å². The molecule has 6 heteroatoms. The molecule has 0 fully saturated rings. The van der Waals surface area contributed by atoms with E-state index in [-0.39, 0.29) is 4.90 Å². The zero-order chi connectivity index (χ0) is 17.2. The molecule has 5 nitrogen and oxygen atoms in total. The van der Waals surface area contributed by atoms with Crippen LogP contribution in [0.5, 0.6) is 0 Å². The van der Waals surface area contributed by atoms with E-state index in [1.54, 1.807) is 36.4 Å². The van der Waals surface area contributed by atoms with E-state index in [4.69, 9.17) is 0 Å². The summed E-state index contributed by atoms with van der Waals surface area (Å²) in [5.41, 5.74) is 0.307. The minimum absolute atomic E-state index is 0.00313. The van der Waals surface area contributed by atoms with E-state index in [1.807, 2.05) is 12.1 Å². The van der Waals surface area contributed by atoms with Crippen molar-refractivity contribution in [3.63, 3.8) is 0 Å². The molecular weight excluding hydrogens is 326 g/mol. The van der Waals surface area contributed by atoms with Crippen LogP contribution < -0.4 is 9.83 Å². The number of carbonyl (C=O) groups excluding carboxylic acids is 1. The predicted molar refractivity (Wildman–Crippen MR) is 88.5 cm³/mol. The maximum Gasteiger partial charge on any atom is 0.241 e. The lowest BCUT2D eigenvalue weighted by atomic mass is 10.1. The molecule has 1 atom stereocenters. The molecule has 0 aliphatic heterocycles. The number of carboxylic acid groups (broad SMARTS) is 1. The lowest BCUT2D eigenvalue weighted by Crippen LogP contribution is -2.41. The summed E-state index contributed by atoms with van der Waals surface area (Å²) in [4.78, 5) is 11.4. The van der Waals surface area contributed by atoms with E-state index < -0.39 is 22.0 Å². The summed E-state index contributed by atoms with van der Waals surface area (Å²) in [5, 5.41) is 13.0. The van der Waals surface area contributed by atoms with Gasteiger partial charge in [0.1, 0.15) is 0 Å².